The highest BCUT2D eigenvalue weighted by molar-refractivity contribution is 7.80. The third-order valence-electron chi connectivity index (χ3n) is 4.93. The zero-order valence-corrected chi connectivity index (χ0v) is 16.3. The zero-order valence-electron chi connectivity index (χ0n) is 14.4. The molecule has 0 aromatic heterocycles. The molecule has 0 saturated carbocycles. The van der Waals surface area contributed by atoms with E-state index >= 15 is 0 Å². The number of hydrogen-bond acceptors (Lipinski definition) is 1. The Balaban J connectivity index is 2.17. The van der Waals surface area contributed by atoms with Gasteiger partial charge in [-0.15, -0.1) is 12.6 Å². The lowest BCUT2D eigenvalue weighted by Gasteiger charge is -2.35. The van der Waals surface area contributed by atoms with Crippen LogP contribution in [0.5, 0.6) is 0 Å². The normalized spacial score (nSPS) is 11.3. The highest BCUT2D eigenvalue weighted by Gasteiger charge is 2.42. The van der Waals surface area contributed by atoms with E-state index in [0.717, 1.165) is 4.90 Å². The molecule has 0 bridgehead atoms. The van der Waals surface area contributed by atoms with Crippen molar-refractivity contribution in [2.45, 2.75) is 4.90 Å². The molecule has 0 N–H and O–H groups in total. The van der Waals surface area contributed by atoms with Gasteiger partial charge in [-0.2, -0.15) is 0 Å². The first-order valence-corrected chi connectivity index (χ1v) is 11.2. The molecule has 26 heavy (non-hydrogen) atoms. The number of benzene rings is 4. The third kappa shape index (κ3) is 2.81. The van der Waals surface area contributed by atoms with Gasteiger partial charge in [-0.25, -0.2) is 0 Å². The maximum Gasteiger partial charge on any atom is 0.180 e. The summed E-state index contributed by atoms with van der Waals surface area (Å²) in [7, 11) is -2.42. The summed E-state index contributed by atoms with van der Waals surface area (Å²) >= 11 is 4.88. The van der Waals surface area contributed by atoms with Gasteiger partial charge in [0.2, 0.25) is 0 Å². The SMILES string of the molecule is Sc1ccccc1[Si](c1ccccc1)(c1ccccc1)c1ccccc1. The molecule has 0 amide bonds. The lowest BCUT2D eigenvalue weighted by atomic mass is 10.3. The summed E-state index contributed by atoms with van der Waals surface area (Å²) in [4.78, 5) is 1.05. The number of rotatable bonds is 4. The van der Waals surface area contributed by atoms with Crippen molar-refractivity contribution in [3.8, 4) is 0 Å². The van der Waals surface area contributed by atoms with E-state index in [4.69, 9.17) is 12.6 Å². The van der Waals surface area contributed by atoms with Crippen LogP contribution in [-0.4, -0.2) is 8.07 Å². The van der Waals surface area contributed by atoms with Gasteiger partial charge >= 0.3 is 0 Å². The maximum absolute atomic E-state index is 4.88. The second-order valence-corrected chi connectivity index (χ2v) is 10.6. The lowest BCUT2D eigenvalue weighted by molar-refractivity contribution is 1.52. The quantitative estimate of drug-likeness (QED) is 0.319. The molecule has 0 saturated heterocycles. The van der Waals surface area contributed by atoms with Crippen molar-refractivity contribution in [3.63, 3.8) is 0 Å². The molecule has 0 atom stereocenters. The molecule has 0 fully saturated rings. The number of thiol groups is 1. The van der Waals surface area contributed by atoms with E-state index in [1.807, 2.05) is 0 Å². The molecule has 2 heteroatoms. The van der Waals surface area contributed by atoms with E-state index in [9.17, 15) is 0 Å². The van der Waals surface area contributed by atoms with Crippen molar-refractivity contribution < 1.29 is 0 Å². The van der Waals surface area contributed by atoms with E-state index in [1.54, 1.807) is 0 Å². The molecule has 0 nitrogen and oxygen atoms in total. The van der Waals surface area contributed by atoms with Crippen LogP contribution in [0.4, 0.5) is 0 Å². The predicted octanol–water partition coefficient (Wildman–Crippen LogP) is 3.35. The van der Waals surface area contributed by atoms with Crippen LogP contribution >= 0.6 is 12.6 Å². The zero-order chi connectivity index (χ0) is 17.8. The van der Waals surface area contributed by atoms with Crippen molar-refractivity contribution in [1.82, 2.24) is 0 Å². The Morgan fingerprint density at radius 3 is 1.15 bits per heavy atom. The van der Waals surface area contributed by atoms with Crippen LogP contribution in [0.2, 0.25) is 0 Å². The Morgan fingerprint density at radius 2 is 0.769 bits per heavy atom. The van der Waals surface area contributed by atoms with Crippen LogP contribution in [0.25, 0.3) is 0 Å². The summed E-state index contributed by atoms with van der Waals surface area (Å²) in [6.45, 7) is 0. The Hall–Kier alpha value is -2.55. The topological polar surface area (TPSA) is 0 Å². The minimum Gasteiger partial charge on any atom is -0.144 e. The second-order valence-electron chi connectivity index (χ2n) is 6.37. The van der Waals surface area contributed by atoms with Gasteiger partial charge in [0.25, 0.3) is 0 Å². The molecule has 0 unspecified atom stereocenters. The summed E-state index contributed by atoms with van der Waals surface area (Å²) in [5.74, 6) is 0. The van der Waals surface area contributed by atoms with Crippen LogP contribution in [-0.2, 0) is 0 Å². The first-order valence-electron chi connectivity index (χ1n) is 8.78. The monoisotopic (exact) mass is 368 g/mol. The fourth-order valence-corrected chi connectivity index (χ4v) is 9.31. The average molecular weight is 369 g/mol. The summed E-state index contributed by atoms with van der Waals surface area (Å²) in [5, 5.41) is 5.45. The first kappa shape index (κ1) is 16.9. The highest BCUT2D eigenvalue weighted by atomic mass is 32.1. The molecule has 0 aliphatic heterocycles. The molecule has 0 aliphatic carbocycles. The van der Waals surface area contributed by atoms with Crippen molar-refractivity contribution in [2.24, 2.45) is 0 Å². The molecule has 4 aromatic rings. The van der Waals surface area contributed by atoms with Gasteiger partial charge in [0.15, 0.2) is 8.07 Å². The molecule has 126 valence electrons. The largest absolute Gasteiger partial charge is 0.180 e. The van der Waals surface area contributed by atoms with E-state index in [2.05, 4.69) is 115 Å². The molecule has 4 rings (SSSR count). The van der Waals surface area contributed by atoms with Crippen LogP contribution in [0.3, 0.4) is 0 Å². The third-order valence-corrected chi connectivity index (χ3v) is 10.4. The van der Waals surface area contributed by atoms with Gasteiger partial charge in [0, 0.05) is 4.90 Å². The van der Waals surface area contributed by atoms with E-state index in [0.29, 0.717) is 0 Å². The molecule has 0 heterocycles. The fourth-order valence-electron chi connectivity index (χ4n) is 3.82. The van der Waals surface area contributed by atoms with E-state index in [-0.39, 0.29) is 0 Å². The molecular formula is C24H20SSi. The molecular weight excluding hydrogens is 348 g/mol. The summed E-state index contributed by atoms with van der Waals surface area (Å²) < 4.78 is 0. The molecule has 0 radical (unpaired) electrons. The predicted molar refractivity (Wildman–Crippen MR) is 117 cm³/mol. The van der Waals surface area contributed by atoms with Gasteiger partial charge < -0.3 is 0 Å². The number of hydrogen-bond donors (Lipinski definition) is 1. The van der Waals surface area contributed by atoms with Crippen molar-refractivity contribution in [3.05, 3.63) is 115 Å². The van der Waals surface area contributed by atoms with Gasteiger partial charge in [-0.3, -0.25) is 0 Å². The second kappa shape index (κ2) is 7.36. The Kier molecular flexibility index (Phi) is 4.78. The van der Waals surface area contributed by atoms with Gasteiger partial charge in [0.05, 0.1) is 0 Å². The van der Waals surface area contributed by atoms with Gasteiger partial charge in [0.1, 0.15) is 0 Å². The maximum atomic E-state index is 4.88. The van der Waals surface area contributed by atoms with Crippen molar-refractivity contribution in [1.29, 1.82) is 0 Å². The Labute approximate surface area is 161 Å². The van der Waals surface area contributed by atoms with E-state index in [1.165, 1.54) is 20.7 Å². The Bertz CT molecular complexity index is 885. The van der Waals surface area contributed by atoms with Crippen LogP contribution < -0.4 is 20.7 Å². The van der Waals surface area contributed by atoms with Crippen molar-refractivity contribution >= 4 is 41.4 Å². The first-order chi connectivity index (χ1) is 12.8. The standard InChI is InChI=1S/C24H20SSi/c25-23-18-10-11-19-24(23)26(20-12-4-1-5-13-20,21-14-6-2-7-15-21)22-16-8-3-9-17-22/h1-19,25H. The minimum absolute atomic E-state index is 1.05. The molecule has 0 aliphatic rings. The minimum atomic E-state index is -2.42. The Morgan fingerprint density at radius 1 is 0.423 bits per heavy atom. The molecule has 0 spiro atoms. The summed E-state index contributed by atoms with van der Waals surface area (Å²) in [6, 6.07) is 41.3. The van der Waals surface area contributed by atoms with Crippen LogP contribution in [0.1, 0.15) is 0 Å². The lowest BCUT2D eigenvalue weighted by Crippen LogP contribution is -2.75. The van der Waals surface area contributed by atoms with Gasteiger partial charge in [-0.1, -0.05) is 109 Å². The van der Waals surface area contributed by atoms with Gasteiger partial charge in [-0.05, 0) is 26.8 Å². The van der Waals surface area contributed by atoms with Crippen LogP contribution in [0.15, 0.2) is 120 Å². The fraction of sp³-hybridized carbons (Fsp3) is 0. The van der Waals surface area contributed by atoms with E-state index < -0.39 is 8.07 Å². The van der Waals surface area contributed by atoms with Crippen molar-refractivity contribution in [2.75, 3.05) is 0 Å². The average Bonchev–Trinajstić information content (AvgIpc) is 2.72. The highest BCUT2D eigenvalue weighted by Crippen LogP contribution is 2.13. The van der Waals surface area contributed by atoms with Crippen LogP contribution in [0, 0.1) is 0 Å². The smallest absolute Gasteiger partial charge is 0.144 e. The summed E-state index contributed by atoms with van der Waals surface area (Å²) in [6.07, 6.45) is 0. The molecule has 4 aromatic carbocycles. The summed E-state index contributed by atoms with van der Waals surface area (Å²) in [5.41, 5.74) is 0.